The normalized spacial score (nSPS) is 10.5. The van der Waals surface area contributed by atoms with Gasteiger partial charge in [-0.05, 0) is 29.8 Å². The van der Waals surface area contributed by atoms with Gasteiger partial charge >= 0.3 is 6.01 Å². The van der Waals surface area contributed by atoms with Crippen LogP contribution >= 0.6 is 15.9 Å². The average Bonchev–Trinajstić information content (AvgIpc) is 2.65. The molecule has 0 amide bonds. The molecule has 0 saturated carbocycles. The van der Waals surface area contributed by atoms with Crippen molar-refractivity contribution < 1.29 is 4.74 Å². The topological polar surface area (TPSA) is 77.8 Å². The lowest BCUT2D eigenvalue weighted by Gasteiger charge is -2.06. The Labute approximate surface area is 113 Å². The van der Waals surface area contributed by atoms with Gasteiger partial charge in [0.25, 0.3) is 5.95 Å². The van der Waals surface area contributed by atoms with Gasteiger partial charge < -0.3 is 10.1 Å². The Kier molecular flexibility index (Phi) is 3.46. The molecular weight excluding hydrogens is 300 g/mol. The molecule has 0 saturated heterocycles. The van der Waals surface area contributed by atoms with Gasteiger partial charge in [-0.1, -0.05) is 0 Å². The first-order valence-electron chi connectivity index (χ1n) is 5.26. The second-order valence-corrected chi connectivity index (χ2v) is 4.39. The van der Waals surface area contributed by atoms with Gasteiger partial charge in [0.15, 0.2) is 0 Å². The molecule has 8 heteroatoms. The summed E-state index contributed by atoms with van der Waals surface area (Å²) in [5.41, 5.74) is 1.79. The highest BCUT2D eigenvalue weighted by molar-refractivity contribution is 9.10. The predicted octanol–water partition coefficient (Wildman–Crippen LogP) is 1.49. The van der Waals surface area contributed by atoms with Crippen LogP contribution in [-0.2, 0) is 0 Å². The first-order valence-corrected chi connectivity index (χ1v) is 6.06. The van der Waals surface area contributed by atoms with Crippen LogP contribution in [-0.4, -0.2) is 38.9 Å². The van der Waals surface area contributed by atoms with Crippen LogP contribution in [0.2, 0.25) is 0 Å². The molecule has 0 radical (unpaired) electrons. The lowest BCUT2D eigenvalue weighted by Crippen LogP contribution is -2.10. The van der Waals surface area contributed by atoms with Crippen molar-refractivity contribution in [3.05, 3.63) is 15.9 Å². The number of methoxy groups -OCH3 is 1. The molecule has 0 spiro atoms. The minimum absolute atomic E-state index is 0.244. The molecule has 0 bridgehead atoms. The molecule has 18 heavy (non-hydrogen) atoms. The van der Waals surface area contributed by atoms with Gasteiger partial charge in [0.2, 0.25) is 5.95 Å². The summed E-state index contributed by atoms with van der Waals surface area (Å²) in [5.74, 6) is 0.845. The van der Waals surface area contributed by atoms with Crippen LogP contribution in [0.3, 0.4) is 0 Å². The van der Waals surface area contributed by atoms with E-state index in [4.69, 9.17) is 4.74 Å². The number of anilines is 1. The van der Waals surface area contributed by atoms with Gasteiger partial charge in [-0.25, -0.2) is 4.68 Å². The van der Waals surface area contributed by atoms with Crippen molar-refractivity contribution in [3.8, 4) is 12.0 Å². The SMILES string of the molecule is CNc1nc(OC)nc(-n2nc(C)c(Br)c2C)n1. The van der Waals surface area contributed by atoms with E-state index in [0.717, 1.165) is 15.9 Å². The number of aromatic nitrogens is 5. The molecular formula is C10H13BrN6O. The van der Waals surface area contributed by atoms with Gasteiger partial charge in [0.1, 0.15) is 0 Å². The zero-order valence-electron chi connectivity index (χ0n) is 10.5. The lowest BCUT2D eigenvalue weighted by atomic mass is 10.4. The predicted molar refractivity (Wildman–Crippen MR) is 70.2 cm³/mol. The Hall–Kier alpha value is -1.70. The molecule has 2 aromatic rings. The lowest BCUT2D eigenvalue weighted by molar-refractivity contribution is 0.377. The fraction of sp³-hybridized carbons (Fsp3) is 0.400. The maximum atomic E-state index is 5.04. The van der Waals surface area contributed by atoms with E-state index in [1.807, 2.05) is 13.8 Å². The number of hydrogen-bond acceptors (Lipinski definition) is 6. The summed E-state index contributed by atoms with van der Waals surface area (Å²) in [6, 6.07) is 0.244. The fourth-order valence-corrected chi connectivity index (χ4v) is 1.71. The van der Waals surface area contributed by atoms with E-state index in [1.54, 1.807) is 11.7 Å². The molecule has 2 aromatic heterocycles. The monoisotopic (exact) mass is 312 g/mol. The highest BCUT2D eigenvalue weighted by atomic mass is 79.9. The summed E-state index contributed by atoms with van der Waals surface area (Å²) in [6.45, 7) is 3.84. The molecule has 0 unspecified atom stereocenters. The van der Waals surface area contributed by atoms with Crippen LogP contribution < -0.4 is 10.1 Å². The number of halogens is 1. The van der Waals surface area contributed by atoms with Crippen LogP contribution in [0.5, 0.6) is 6.01 Å². The summed E-state index contributed by atoms with van der Waals surface area (Å²) >= 11 is 3.47. The molecule has 2 heterocycles. The van der Waals surface area contributed by atoms with E-state index in [-0.39, 0.29) is 6.01 Å². The Morgan fingerprint density at radius 2 is 1.94 bits per heavy atom. The average molecular weight is 313 g/mol. The van der Waals surface area contributed by atoms with Gasteiger partial charge in [-0.2, -0.15) is 20.1 Å². The third kappa shape index (κ3) is 2.15. The number of aryl methyl sites for hydroxylation is 1. The second kappa shape index (κ2) is 4.89. The quantitative estimate of drug-likeness (QED) is 0.925. The molecule has 0 atom stereocenters. The Balaban J connectivity index is 2.59. The zero-order valence-corrected chi connectivity index (χ0v) is 12.1. The van der Waals surface area contributed by atoms with Crippen LogP contribution in [0.15, 0.2) is 4.47 Å². The summed E-state index contributed by atoms with van der Waals surface area (Å²) in [4.78, 5) is 12.5. The van der Waals surface area contributed by atoms with Crippen LogP contribution in [0, 0.1) is 13.8 Å². The van der Waals surface area contributed by atoms with Gasteiger partial charge in [0, 0.05) is 7.05 Å². The molecule has 0 aliphatic rings. The third-order valence-electron chi connectivity index (χ3n) is 2.40. The summed E-state index contributed by atoms with van der Waals surface area (Å²) < 4.78 is 7.62. The Bertz CT molecular complexity index is 560. The van der Waals surface area contributed by atoms with Crippen molar-refractivity contribution in [2.75, 3.05) is 19.5 Å². The van der Waals surface area contributed by atoms with Crippen molar-refractivity contribution in [2.45, 2.75) is 13.8 Å². The highest BCUT2D eigenvalue weighted by Gasteiger charge is 2.14. The third-order valence-corrected chi connectivity index (χ3v) is 3.55. The van der Waals surface area contributed by atoms with Crippen LogP contribution in [0.1, 0.15) is 11.4 Å². The van der Waals surface area contributed by atoms with E-state index in [1.165, 1.54) is 7.11 Å². The van der Waals surface area contributed by atoms with Crippen LogP contribution in [0.4, 0.5) is 5.95 Å². The zero-order chi connectivity index (χ0) is 13.3. The number of ether oxygens (including phenoxy) is 1. The van der Waals surface area contributed by atoms with Crippen molar-refractivity contribution in [1.82, 2.24) is 24.7 Å². The van der Waals surface area contributed by atoms with E-state index in [0.29, 0.717) is 11.9 Å². The number of nitrogens with one attached hydrogen (secondary N) is 1. The number of rotatable bonds is 3. The summed E-state index contributed by atoms with van der Waals surface area (Å²) in [5, 5.41) is 7.22. The Morgan fingerprint density at radius 1 is 1.22 bits per heavy atom. The largest absolute Gasteiger partial charge is 0.467 e. The molecule has 7 nitrogen and oxygen atoms in total. The minimum Gasteiger partial charge on any atom is -0.467 e. The summed E-state index contributed by atoms with van der Waals surface area (Å²) in [6.07, 6.45) is 0. The van der Waals surface area contributed by atoms with Gasteiger partial charge in [-0.15, -0.1) is 0 Å². The minimum atomic E-state index is 0.244. The van der Waals surface area contributed by atoms with E-state index in [9.17, 15) is 0 Å². The van der Waals surface area contributed by atoms with E-state index in [2.05, 4.69) is 41.3 Å². The Morgan fingerprint density at radius 3 is 2.44 bits per heavy atom. The van der Waals surface area contributed by atoms with E-state index >= 15 is 0 Å². The molecule has 2 rings (SSSR count). The number of hydrogen-bond donors (Lipinski definition) is 1. The standard InChI is InChI=1S/C10H13BrN6O/c1-5-7(11)6(2)17(16-5)9-13-8(12-3)14-10(15-9)18-4/h1-4H3,(H,12,13,14,15). The molecule has 0 fully saturated rings. The second-order valence-electron chi connectivity index (χ2n) is 3.59. The maximum Gasteiger partial charge on any atom is 0.322 e. The van der Waals surface area contributed by atoms with Gasteiger partial charge in [-0.3, -0.25) is 0 Å². The fourth-order valence-electron chi connectivity index (χ4n) is 1.46. The molecule has 1 N–H and O–H groups in total. The summed E-state index contributed by atoms with van der Waals surface area (Å²) in [7, 11) is 3.24. The first-order chi connectivity index (χ1) is 8.56. The highest BCUT2D eigenvalue weighted by Crippen LogP contribution is 2.22. The van der Waals surface area contributed by atoms with Crippen molar-refractivity contribution in [3.63, 3.8) is 0 Å². The van der Waals surface area contributed by atoms with Crippen molar-refractivity contribution >= 4 is 21.9 Å². The van der Waals surface area contributed by atoms with Gasteiger partial charge in [0.05, 0.1) is 23.0 Å². The molecule has 0 aliphatic carbocycles. The maximum absolute atomic E-state index is 5.04. The molecule has 0 aromatic carbocycles. The van der Waals surface area contributed by atoms with Crippen molar-refractivity contribution in [1.29, 1.82) is 0 Å². The smallest absolute Gasteiger partial charge is 0.322 e. The van der Waals surface area contributed by atoms with Crippen molar-refractivity contribution in [2.24, 2.45) is 0 Å². The molecule has 0 aliphatic heterocycles. The first kappa shape index (κ1) is 12.7. The molecule has 96 valence electrons. The van der Waals surface area contributed by atoms with Crippen LogP contribution in [0.25, 0.3) is 5.95 Å². The number of nitrogens with zero attached hydrogens (tertiary/aromatic N) is 5. The van der Waals surface area contributed by atoms with E-state index < -0.39 is 0 Å².